The minimum absolute atomic E-state index is 0.107. The van der Waals surface area contributed by atoms with E-state index in [1.54, 1.807) is 13.8 Å². The number of nitrogens with zero attached hydrogens (tertiary/aromatic N) is 4. The Morgan fingerprint density at radius 1 is 1.50 bits per heavy atom. The fourth-order valence-corrected chi connectivity index (χ4v) is 1.30. The molecule has 0 aliphatic rings. The van der Waals surface area contributed by atoms with Gasteiger partial charge in [0, 0.05) is 11.8 Å². The van der Waals surface area contributed by atoms with Crippen LogP contribution in [0.3, 0.4) is 0 Å². The first kappa shape index (κ1) is 8.61. The second-order valence-corrected chi connectivity index (χ2v) is 3.01. The van der Waals surface area contributed by atoms with E-state index < -0.39 is 5.97 Å². The summed E-state index contributed by atoms with van der Waals surface area (Å²) in [7, 11) is 0. The molecule has 0 aliphatic carbocycles. The average Bonchev–Trinajstić information content (AvgIpc) is 2.47. The third-order valence-corrected chi connectivity index (χ3v) is 1.98. The Morgan fingerprint density at radius 3 is 2.86 bits per heavy atom. The van der Waals surface area contributed by atoms with Gasteiger partial charge >= 0.3 is 5.97 Å². The smallest absolute Gasteiger partial charge is 0.355 e. The van der Waals surface area contributed by atoms with E-state index in [2.05, 4.69) is 15.3 Å². The first-order valence-corrected chi connectivity index (χ1v) is 4.02. The first-order valence-electron chi connectivity index (χ1n) is 4.02. The van der Waals surface area contributed by atoms with E-state index >= 15 is 0 Å². The van der Waals surface area contributed by atoms with Crippen LogP contribution in [0.25, 0.3) is 5.65 Å². The van der Waals surface area contributed by atoms with Crippen molar-refractivity contribution in [1.29, 1.82) is 0 Å². The average molecular weight is 192 g/mol. The molecule has 0 aromatic carbocycles. The molecule has 14 heavy (non-hydrogen) atoms. The molecule has 0 unspecified atom stereocenters. The maximum atomic E-state index is 10.9. The Kier molecular flexibility index (Phi) is 1.70. The molecule has 6 nitrogen and oxygen atoms in total. The molecule has 0 radical (unpaired) electrons. The van der Waals surface area contributed by atoms with E-state index in [1.807, 2.05) is 0 Å². The summed E-state index contributed by atoms with van der Waals surface area (Å²) in [5.74, 6) is -1.03. The molecule has 6 heteroatoms. The van der Waals surface area contributed by atoms with E-state index in [0.717, 1.165) is 0 Å². The van der Waals surface area contributed by atoms with Gasteiger partial charge in [-0.25, -0.2) is 9.78 Å². The highest BCUT2D eigenvalue weighted by Gasteiger charge is 2.15. The van der Waals surface area contributed by atoms with Crippen molar-refractivity contribution in [2.75, 3.05) is 0 Å². The van der Waals surface area contributed by atoms with Crippen molar-refractivity contribution in [3.05, 3.63) is 23.1 Å². The Hall–Kier alpha value is -1.98. The van der Waals surface area contributed by atoms with Crippen LogP contribution in [-0.4, -0.2) is 30.9 Å². The predicted octanol–water partition coefficient (Wildman–Crippen LogP) is 0.439. The van der Waals surface area contributed by atoms with Gasteiger partial charge in [-0.05, 0) is 13.8 Å². The number of carboxylic acid groups (broad SMARTS) is 1. The third-order valence-electron chi connectivity index (χ3n) is 1.98. The van der Waals surface area contributed by atoms with Crippen molar-refractivity contribution in [3.8, 4) is 0 Å². The number of aromatic nitrogens is 4. The van der Waals surface area contributed by atoms with Gasteiger partial charge in [0.25, 0.3) is 0 Å². The number of aromatic carboxylic acids is 1. The predicted molar refractivity (Wildman–Crippen MR) is 47.2 cm³/mol. The lowest BCUT2D eigenvalue weighted by molar-refractivity contribution is 0.0686. The summed E-state index contributed by atoms with van der Waals surface area (Å²) in [5, 5.41) is 16.4. The van der Waals surface area contributed by atoms with Gasteiger partial charge in [-0.2, -0.15) is 4.52 Å². The molecular formula is C8H8N4O2. The largest absolute Gasteiger partial charge is 0.476 e. The van der Waals surface area contributed by atoms with Crippen molar-refractivity contribution in [3.63, 3.8) is 0 Å². The van der Waals surface area contributed by atoms with Crippen LogP contribution < -0.4 is 0 Å². The van der Waals surface area contributed by atoms with Crippen molar-refractivity contribution >= 4 is 11.6 Å². The maximum Gasteiger partial charge on any atom is 0.355 e. The number of aryl methyl sites for hydroxylation is 2. The van der Waals surface area contributed by atoms with Crippen molar-refractivity contribution < 1.29 is 9.90 Å². The number of hydrogen-bond donors (Lipinski definition) is 1. The van der Waals surface area contributed by atoms with Gasteiger partial charge in [-0.1, -0.05) is 5.21 Å². The quantitative estimate of drug-likeness (QED) is 0.709. The molecule has 0 spiro atoms. The zero-order valence-corrected chi connectivity index (χ0v) is 7.72. The normalized spacial score (nSPS) is 10.7. The number of carbonyl (C=O) groups is 1. The van der Waals surface area contributed by atoms with Crippen LogP contribution in [0.5, 0.6) is 0 Å². The fourth-order valence-electron chi connectivity index (χ4n) is 1.30. The lowest BCUT2D eigenvalue weighted by atomic mass is 10.2. The molecule has 2 heterocycles. The van der Waals surface area contributed by atoms with E-state index in [4.69, 9.17) is 5.11 Å². The zero-order valence-electron chi connectivity index (χ0n) is 7.72. The lowest BCUT2D eigenvalue weighted by Crippen LogP contribution is -2.10. The molecule has 0 bridgehead atoms. The molecule has 0 saturated carbocycles. The minimum Gasteiger partial charge on any atom is -0.476 e. The van der Waals surface area contributed by atoms with E-state index in [-0.39, 0.29) is 5.69 Å². The Morgan fingerprint density at radius 2 is 2.21 bits per heavy atom. The summed E-state index contributed by atoms with van der Waals surface area (Å²) in [6, 6.07) is 0. The minimum atomic E-state index is -1.03. The van der Waals surface area contributed by atoms with Crippen LogP contribution in [0.4, 0.5) is 0 Å². The highest BCUT2D eigenvalue weighted by molar-refractivity contribution is 5.87. The molecule has 0 saturated heterocycles. The molecule has 2 aromatic heterocycles. The lowest BCUT2D eigenvalue weighted by Gasteiger charge is -2.01. The molecule has 2 rings (SSSR count). The van der Waals surface area contributed by atoms with Crippen LogP contribution in [0.1, 0.15) is 21.7 Å². The van der Waals surface area contributed by atoms with Crippen LogP contribution in [0, 0.1) is 13.8 Å². The fraction of sp³-hybridized carbons (Fsp3) is 0.250. The molecule has 0 atom stereocenters. The van der Waals surface area contributed by atoms with Crippen LogP contribution in [0.2, 0.25) is 0 Å². The molecule has 0 amide bonds. The highest BCUT2D eigenvalue weighted by Crippen LogP contribution is 2.10. The highest BCUT2D eigenvalue weighted by atomic mass is 16.4. The maximum absolute atomic E-state index is 10.9. The van der Waals surface area contributed by atoms with Crippen LogP contribution in [0.15, 0.2) is 6.20 Å². The summed E-state index contributed by atoms with van der Waals surface area (Å²) in [6.07, 6.45) is 1.51. The van der Waals surface area contributed by atoms with Gasteiger partial charge in [0.15, 0.2) is 11.3 Å². The Labute approximate surface area is 79.2 Å². The van der Waals surface area contributed by atoms with Gasteiger partial charge in [-0.3, -0.25) is 0 Å². The molecule has 72 valence electrons. The summed E-state index contributed by atoms with van der Waals surface area (Å²) in [4.78, 5) is 15.0. The summed E-state index contributed by atoms with van der Waals surface area (Å²) < 4.78 is 1.24. The molecule has 1 N–H and O–H groups in total. The zero-order chi connectivity index (χ0) is 10.3. The first-order chi connectivity index (χ1) is 6.61. The topological polar surface area (TPSA) is 80.4 Å². The van der Waals surface area contributed by atoms with Crippen molar-refractivity contribution in [2.24, 2.45) is 0 Å². The van der Waals surface area contributed by atoms with Crippen molar-refractivity contribution in [1.82, 2.24) is 19.8 Å². The van der Waals surface area contributed by atoms with Gasteiger partial charge in [0.2, 0.25) is 0 Å². The van der Waals surface area contributed by atoms with E-state index in [1.165, 1.54) is 10.7 Å². The van der Waals surface area contributed by atoms with Gasteiger partial charge in [-0.15, -0.1) is 5.10 Å². The van der Waals surface area contributed by atoms with E-state index in [0.29, 0.717) is 16.9 Å². The second kappa shape index (κ2) is 2.76. The number of carboxylic acids is 1. The Bertz CT molecular complexity index is 517. The Balaban J connectivity index is 2.90. The standard InChI is InChI=1S/C8H8N4O2/c1-4-3-9-7-5(2)10-11-12(7)6(4)8(13)14/h3H,1-2H3,(H,13,14). The third kappa shape index (κ3) is 1.04. The van der Waals surface area contributed by atoms with Crippen LogP contribution >= 0.6 is 0 Å². The molecular weight excluding hydrogens is 184 g/mol. The summed E-state index contributed by atoms with van der Waals surface area (Å²) in [5.41, 5.74) is 1.77. The monoisotopic (exact) mass is 192 g/mol. The van der Waals surface area contributed by atoms with Gasteiger partial charge < -0.3 is 5.11 Å². The van der Waals surface area contributed by atoms with E-state index in [9.17, 15) is 4.79 Å². The van der Waals surface area contributed by atoms with Crippen LogP contribution in [-0.2, 0) is 0 Å². The summed E-state index contributed by atoms with van der Waals surface area (Å²) >= 11 is 0. The van der Waals surface area contributed by atoms with Crippen molar-refractivity contribution in [2.45, 2.75) is 13.8 Å². The number of hydrogen-bond acceptors (Lipinski definition) is 4. The summed E-state index contributed by atoms with van der Waals surface area (Å²) in [6.45, 7) is 3.41. The van der Waals surface area contributed by atoms with Gasteiger partial charge in [0.05, 0.1) is 0 Å². The number of fused-ring (bicyclic) bond motifs is 1. The molecule has 0 aliphatic heterocycles. The van der Waals surface area contributed by atoms with Gasteiger partial charge in [0.1, 0.15) is 5.69 Å². The molecule has 0 fully saturated rings. The SMILES string of the molecule is Cc1cnc2c(C)nnn2c1C(=O)O. The second-order valence-electron chi connectivity index (χ2n) is 3.01. The molecule has 2 aromatic rings. The number of rotatable bonds is 1.